The number of rotatable bonds is 0. The van der Waals surface area contributed by atoms with Gasteiger partial charge in [0.1, 0.15) is 5.82 Å². The van der Waals surface area contributed by atoms with Crippen LogP contribution >= 0.6 is 11.6 Å². The van der Waals surface area contributed by atoms with Crippen molar-refractivity contribution < 1.29 is 4.39 Å². The maximum Gasteiger partial charge on any atom is 0.148 e. The molecule has 0 fully saturated rings. The molecule has 0 unspecified atom stereocenters. The molecule has 0 spiro atoms. The van der Waals surface area contributed by atoms with Crippen molar-refractivity contribution in [3.63, 3.8) is 0 Å². The van der Waals surface area contributed by atoms with E-state index < -0.39 is 5.82 Å². The number of nitrogen functional groups attached to an aromatic ring is 1. The number of hydrogen-bond donors (Lipinski definition) is 1. The summed E-state index contributed by atoms with van der Waals surface area (Å²) >= 11 is 5.77. The van der Waals surface area contributed by atoms with Crippen LogP contribution in [-0.2, 0) is 0 Å². The van der Waals surface area contributed by atoms with E-state index in [4.69, 9.17) is 17.3 Å². The molecule has 2 aromatic rings. The second-order valence-electron chi connectivity index (χ2n) is 3.47. The molecule has 0 aromatic heterocycles. The van der Waals surface area contributed by atoms with Gasteiger partial charge in [0.25, 0.3) is 0 Å². The fourth-order valence-electron chi connectivity index (χ4n) is 1.32. The summed E-state index contributed by atoms with van der Waals surface area (Å²) in [6.07, 6.45) is 0. The molecule has 2 rings (SSSR count). The first-order valence-electron chi connectivity index (χ1n) is 4.98. The van der Waals surface area contributed by atoms with Crippen LogP contribution in [0.3, 0.4) is 0 Å². The zero-order valence-corrected chi connectivity index (χ0v) is 9.63. The molecule has 0 amide bonds. The standard InChI is InChI=1S/C14H9ClFN/c15-12-8-11(9-13(16)14(12)17)7-6-10-4-2-1-3-5-10/h1-5,8-9H,17H2. The predicted molar refractivity (Wildman–Crippen MR) is 68.2 cm³/mol. The molecule has 0 bridgehead atoms. The summed E-state index contributed by atoms with van der Waals surface area (Å²) in [6.45, 7) is 0. The average molecular weight is 246 g/mol. The van der Waals surface area contributed by atoms with E-state index in [1.54, 1.807) is 6.07 Å². The molecule has 0 aliphatic heterocycles. The quantitative estimate of drug-likeness (QED) is 0.558. The van der Waals surface area contributed by atoms with Gasteiger partial charge < -0.3 is 5.73 Å². The highest BCUT2D eigenvalue weighted by atomic mass is 35.5. The van der Waals surface area contributed by atoms with E-state index in [0.717, 1.165) is 5.56 Å². The largest absolute Gasteiger partial charge is 0.395 e. The van der Waals surface area contributed by atoms with Gasteiger partial charge in [-0.15, -0.1) is 0 Å². The van der Waals surface area contributed by atoms with Crippen LogP contribution in [0.5, 0.6) is 0 Å². The van der Waals surface area contributed by atoms with Crippen LogP contribution in [0, 0.1) is 17.7 Å². The van der Waals surface area contributed by atoms with Gasteiger partial charge in [-0.25, -0.2) is 4.39 Å². The normalized spacial score (nSPS) is 9.53. The smallest absolute Gasteiger partial charge is 0.148 e. The highest BCUT2D eigenvalue weighted by Crippen LogP contribution is 2.23. The lowest BCUT2D eigenvalue weighted by Crippen LogP contribution is -1.92. The van der Waals surface area contributed by atoms with Crippen LogP contribution < -0.4 is 5.73 Å². The third-order valence-corrected chi connectivity index (χ3v) is 2.52. The number of anilines is 1. The monoisotopic (exact) mass is 245 g/mol. The number of nitrogens with two attached hydrogens (primary N) is 1. The zero-order chi connectivity index (χ0) is 12.3. The molecule has 17 heavy (non-hydrogen) atoms. The van der Waals surface area contributed by atoms with Crippen molar-refractivity contribution in [1.29, 1.82) is 0 Å². The van der Waals surface area contributed by atoms with Crippen molar-refractivity contribution in [2.75, 3.05) is 5.73 Å². The zero-order valence-electron chi connectivity index (χ0n) is 8.87. The summed E-state index contributed by atoms with van der Waals surface area (Å²) in [7, 11) is 0. The Morgan fingerprint density at radius 3 is 2.29 bits per heavy atom. The number of halogens is 2. The Bertz CT molecular complexity index is 574. The minimum atomic E-state index is -0.546. The lowest BCUT2D eigenvalue weighted by Gasteiger charge is -1.99. The van der Waals surface area contributed by atoms with Crippen molar-refractivity contribution in [2.45, 2.75) is 0 Å². The molecular weight excluding hydrogens is 237 g/mol. The van der Waals surface area contributed by atoms with Crippen LogP contribution in [0.2, 0.25) is 5.02 Å². The van der Waals surface area contributed by atoms with Gasteiger partial charge in [-0.05, 0) is 24.3 Å². The van der Waals surface area contributed by atoms with Crippen LogP contribution in [0.15, 0.2) is 42.5 Å². The summed E-state index contributed by atoms with van der Waals surface area (Å²) in [5.74, 6) is 5.21. The van der Waals surface area contributed by atoms with Crippen molar-refractivity contribution >= 4 is 17.3 Å². The van der Waals surface area contributed by atoms with Crippen LogP contribution in [0.4, 0.5) is 10.1 Å². The molecule has 0 aliphatic carbocycles. The van der Waals surface area contributed by atoms with E-state index in [2.05, 4.69) is 11.8 Å². The van der Waals surface area contributed by atoms with Gasteiger partial charge in [-0.3, -0.25) is 0 Å². The molecule has 3 heteroatoms. The predicted octanol–water partition coefficient (Wildman–Crippen LogP) is 3.46. The summed E-state index contributed by atoms with van der Waals surface area (Å²) < 4.78 is 13.3. The van der Waals surface area contributed by atoms with E-state index in [-0.39, 0.29) is 10.7 Å². The van der Waals surface area contributed by atoms with Crippen LogP contribution in [-0.4, -0.2) is 0 Å². The third-order valence-electron chi connectivity index (χ3n) is 2.20. The van der Waals surface area contributed by atoms with Gasteiger partial charge in [0.15, 0.2) is 0 Å². The average Bonchev–Trinajstić information content (AvgIpc) is 2.34. The first-order chi connectivity index (χ1) is 8.16. The maximum atomic E-state index is 13.3. The molecular formula is C14H9ClFN. The van der Waals surface area contributed by atoms with E-state index in [9.17, 15) is 4.39 Å². The molecule has 1 nitrogen and oxygen atoms in total. The van der Waals surface area contributed by atoms with Gasteiger partial charge >= 0.3 is 0 Å². The Kier molecular flexibility index (Phi) is 3.32. The SMILES string of the molecule is Nc1c(F)cc(C#Cc2ccccc2)cc1Cl. The van der Waals surface area contributed by atoms with E-state index >= 15 is 0 Å². The fourth-order valence-corrected chi connectivity index (χ4v) is 1.53. The Morgan fingerprint density at radius 2 is 1.65 bits per heavy atom. The van der Waals surface area contributed by atoms with Gasteiger partial charge in [0, 0.05) is 11.1 Å². The topological polar surface area (TPSA) is 26.0 Å². The summed E-state index contributed by atoms with van der Waals surface area (Å²) in [5, 5.41) is 0.183. The third kappa shape index (κ3) is 2.77. The molecule has 0 saturated carbocycles. The Hall–Kier alpha value is -1.98. The minimum Gasteiger partial charge on any atom is -0.395 e. The second kappa shape index (κ2) is 4.90. The molecule has 0 radical (unpaired) electrons. The van der Waals surface area contributed by atoms with Crippen molar-refractivity contribution in [1.82, 2.24) is 0 Å². The fraction of sp³-hybridized carbons (Fsp3) is 0. The summed E-state index contributed by atoms with van der Waals surface area (Å²) in [6, 6.07) is 12.3. The van der Waals surface area contributed by atoms with Gasteiger partial charge in [-0.1, -0.05) is 41.6 Å². The molecule has 84 valence electrons. The summed E-state index contributed by atoms with van der Waals surface area (Å²) in [4.78, 5) is 0. The van der Waals surface area contributed by atoms with Crippen molar-refractivity contribution in [3.8, 4) is 11.8 Å². The molecule has 0 atom stereocenters. The van der Waals surface area contributed by atoms with Gasteiger partial charge in [0.2, 0.25) is 0 Å². The molecule has 2 aromatic carbocycles. The van der Waals surface area contributed by atoms with Gasteiger partial charge in [-0.2, -0.15) is 0 Å². The van der Waals surface area contributed by atoms with Crippen molar-refractivity contribution in [2.24, 2.45) is 0 Å². The molecule has 0 heterocycles. The second-order valence-corrected chi connectivity index (χ2v) is 3.88. The van der Waals surface area contributed by atoms with Crippen LogP contribution in [0.1, 0.15) is 11.1 Å². The first kappa shape index (κ1) is 11.5. The van der Waals surface area contributed by atoms with E-state index in [1.807, 2.05) is 30.3 Å². The van der Waals surface area contributed by atoms with E-state index in [1.165, 1.54) is 6.07 Å². The minimum absolute atomic E-state index is 0.0445. The molecule has 0 aliphatic rings. The van der Waals surface area contributed by atoms with Gasteiger partial charge in [0.05, 0.1) is 10.7 Å². The Morgan fingerprint density at radius 1 is 1.00 bits per heavy atom. The maximum absolute atomic E-state index is 13.3. The Labute approximate surface area is 104 Å². The lowest BCUT2D eigenvalue weighted by molar-refractivity contribution is 0.632. The first-order valence-corrected chi connectivity index (χ1v) is 5.36. The Balaban J connectivity index is 2.35. The number of benzene rings is 2. The lowest BCUT2D eigenvalue weighted by atomic mass is 10.1. The molecule has 2 N–H and O–H groups in total. The molecule has 0 saturated heterocycles. The highest BCUT2D eigenvalue weighted by Gasteiger charge is 2.04. The summed E-state index contributed by atoms with van der Waals surface area (Å²) in [5.41, 5.74) is 6.73. The highest BCUT2D eigenvalue weighted by molar-refractivity contribution is 6.33. The van der Waals surface area contributed by atoms with E-state index in [0.29, 0.717) is 5.56 Å². The van der Waals surface area contributed by atoms with Crippen LogP contribution in [0.25, 0.3) is 0 Å². The number of hydrogen-bond acceptors (Lipinski definition) is 1. The van der Waals surface area contributed by atoms with Crippen molar-refractivity contribution in [3.05, 3.63) is 64.4 Å².